The van der Waals surface area contributed by atoms with Crippen LogP contribution in [-0.4, -0.2) is 18.3 Å². The molecule has 0 bridgehead atoms. The van der Waals surface area contributed by atoms with E-state index in [4.69, 9.17) is 0 Å². The maximum Gasteiger partial charge on any atom is 0.393 e. The highest BCUT2D eigenvalue weighted by Gasteiger charge is 2.78. The molecule has 0 aliphatic heterocycles. The highest BCUT2D eigenvalue weighted by Crippen LogP contribution is 2.53. The van der Waals surface area contributed by atoms with Gasteiger partial charge in [-0.05, 0) is 6.07 Å². The van der Waals surface area contributed by atoms with E-state index >= 15 is 0 Å². The Morgan fingerprint density at radius 3 is 1.89 bits per heavy atom. The number of alkyl halides is 8. The first kappa shape index (κ1) is 15.1. The topological polar surface area (TPSA) is 0 Å². The van der Waals surface area contributed by atoms with E-state index in [-0.39, 0.29) is 11.3 Å². The fraction of sp³-hybridized carbons (Fsp3) is 0.444. The minimum atomic E-state index is -6.19. The Bertz CT molecular complexity index is 402. The van der Waals surface area contributed by atoms with Crippen LogP contribution in [0.25, 0.3) is 0 Å². The number of hydrogen-bond donors (Lipinski definition) is 0. The first-order chi connectivity index (χ1) is 8.05. The van der Waals surface area contributed by atoms with Gasteiger partial charge in [-0.2, -0.15) is 26.3 Å². The average molecular weight is 297 g/mol. The lowest BCUT2D eigenvalue weighted by Gasteiger charge is -2.29. The molecule has 0 aliphatic carbocycles. The largest absolute Gasteiger partial charge is 0.393 e. The molecule has 0 fully saturated rings. The zero-order chi connectivity index (χ0) is 14.2. The van der Waals surface area contributed by atoms with Gasteiger partial charge in [0, 0.05) is 6.07 Å². The van der Waals surface area contributed by atoms with Gasteiger partial charge in [0.25, 0.3) is 4.88 Å². The van der Waals surface area contributed by atoms with Crippen LogP contribution in [-0.2, 0) is 5.92 Å². The van der Waals surface area contributed by atoms with E-state index in [1.165, 1.54) is 6.07 Å². The Hall–Kier alpha value is -0.990. The summed E-state index contributed by atoms with van der Waals surface area (Å²) in [5.74, 6) is -17.7. The lowest BCUT2D eigenvalue weighted by atomic mass is 10.0. The summed E-state index contributed by atoms with van der Waals surface area (Å²) in [4.78, 5) is -1.42. The van der Waals surface area contributed by atoms with Gasteiger partial charge in [-0.3, -0.25) is 0 Å². The van der Waals surface area contributed by atoms with Crippen LogP contribution in [0.15, 0.2) is 23.6 Å². The molecule has 0 aromatic carbocycles. The van der Waals surface area contributed by atoms with Crippen molar-refractivity contribution in [1.82, 2.24) is 0 Å². The highest BCUT2D eigenvalue weighted by molar-refractivity contribution is 7.09. The van der Waals surface area contributed by atoms with Gasteiger partial charge >= 0.3 is 24.2 Å². The van der Waals surface area contributed by atoms with Crippen molar-refractivity contribution in [2.24, 2.45) is 0 Å². The minimum Gasteiger partial charge on any atom is -0.203 e. The molecule has 9 heteroatoms. The maximum absolute atomic E-state index is 13.2. The van der Waals surface area contributed by atoms with Crippen molar-refractivity contribution in [2.75, 3.05) is 0 Å². The summed E-state index contributed by atoms with van der Waals surface area (Å²) in [6.07, 6.45) is -4.90. The number of halogens is 8. The third-order valence-corrected chi connectivity index (χ3v) is 2.97. The van der Waals surface area contributed by atoms with Crippen LogP contribution in [0.1, 0.15) is 4.88 Å². The summed E-state index contributed by atoms with van der Waals surface area (Å²) in [5, 5.41) is 0.944. The molecular weight excluding hydrogens is 292 g/mol. The molecular formula is C9H5F8S+. The van der Waals surface area contributed by atoms with Crippen molar-refractivity contribution in [1.29, 1.82) is 0 Å². The third-order valence-electron chi connectivity index (χ3n) is 2.03. The second kappa shape index (κ2) is 4.60. The Morgan fingerprint density at radius 1 is 0.944 bits per heavy atom. The number of rotatable bonds is 4. The van der Waals surface area contributed by atoms with E-state index in [1.54, 1.807) is 0 Å². The molecule has 1 aromatic heterocycles. The zero-order valence-electron chi connectivity index (χ0n) is 8.32. The maximum atomic E-state index is 13.2. The van der Waals surface area contributed by atoms with Gasteiger partial charge in [-0.25, -0.2) is 8.78 Å². The molecule has 18 heavy (non-hydrogen) atoms. The lowest BCUT2D eigenvalue weighted by molar-refractivity contribution is -0.342. The van der Waals surface area contributed by atoms with E-state index in [0.29, 0.717) is 6.07 Å². The van der Waals surface area contributed by atoms with Gasteiger partial charge in [-0.15, -0.1) is 0 Å². The SMILES string of the molecule is FC(F)C(F)(F)C(F)(F)C(F)(F)c1cccc[s+]1. The molecule has 0 saturated carbocycles. The average Bonchev–Trinajstić information content (AvgIpc) is 2.29. The van der Waals surface area contributed by atoms with E-state index in [0.717, 1.165) is 11.4 Å². The Kier molecular flexibility index (Phi) is 3.85. The van der Waals surface area contributed by atoms with Gasteiger partial charge in [0.2, 0.25) is 11.3 Å². The second-order valence-electron chi connectivity index (χ2n) is 3.24. The second-order valence-corrected chi connectivity index (χ2v) is 4.19. The van der Waals surface area contributed by atoms with Crippen molar-refractivity contribution in [3.63, 3.8) is 0 Å². The molecule has 0 radical (unpaired) electrons. The van der Waals surface area contributed by atoms with Crippen molar-refractivity contribution in [2.45, 2.75) is 24.2 Å². The molecule has 0 atom stereocenters. The third kappa shape index (κ3) is 2.15. The predicted molar refractivity (Wildman–Crippen MR) is 48.5 cm³/mol. The summed E-state index contributed by atoms with van der Waals surface area (Å²) in [5.41, 5.74) is 0. The van der Waals surface area contributed by atoms with E-state index in [1.807, 2.05) is 0 Å². The summed E-state index contributed by atoms with van der Waals surface area (Å²) in [6, 6.07) is 2.59. The van der Waals surface area contributed by atoms with Crippen LogP contribution in [0.5, 0.6) is 0 Å². The molecule has 0 amide bonds. The lowest BCUT2D eigenvalue weighted by Crippen LogP contribution is -2.55. The molecule has 1 rings (SSSR count). The molecule has 0 aliphatic rings. The van der Waals surface area contributed by atoms with E-state index < -0.39 is 29.1 Å². The Labute approximate surface area is 99.9 Å². The molecule has 0 saturated heterocycles. The molecule has 1 heterocycles. The molecule has 0 unspecified atom stereocenters. The van der Waals surface area contributed by atoms with Crippen molar-refractivity contribution >= 4 is 11.3 Å². The summed E-state index contributed by atoms with van der Waals surface area (Å²) >= 11 is 0.0659. The van der Waals surface area contributed by atoms with Gasteiger partial charge < -0.3 is 0 Å². The van der Waals surface area contributed by atoms with Crippen LogP contribution in [0.2, 0.25) is 0 Å². The molecule has 102 valence electrons. The smallest absolute Gasteiger partial charge is 0.203 e. The first-order valence-corrected chi connectivity index (χ1v) is 5.22. The van der Waals surface area contributed by atoms with Gasteiger partial charge in [0.15, 0.2) is 5.38 Å². The Morgan fingerprint density at radius 2 is 1.50 bits per heavy atom. The minimum absolute atomic E-state index is 0.0659. The van der Waals surface area contributed by atoms with Crippen molar-refractivity contribution < 1.29 is 35.1 Å². The van der Waals surface area contributed by atoms with Crippen LogP contribution in [0.3, 0.4) is 0 Å². The standard InChI is InChI=1S/C9H5F8S/c10-6(11)8(14,15)9(16,17)7(12,13)5-3-1-2-4-18-5/h1-4,6H/q+1. The molecule has 0 N–H and O–H groups in total. The van der Waals surface area contributed by atoms with Crippen molar-refractivity contribution in [3.8, 4) is 0 Å². The first-order valence-electron chi connectivity index (χ1n) is 4.34. The van der Waals surface area contributed by atoms with Crippen molar-refractivity contribution in [3.05, 3.63) is 28.5 Å². The van der Waals surface area contributed by atoms with Crippen LogP contribution < -0.4 is 0 Å². The zero-order valence-corrected chi connectivity index (χ0v) is 9.14. The van der Waals surface area contributed by atoms with E-state index in [9.17, 15) is 35.1 Å². The Balaban J connectivity index is 3.27. The fourth-order valence-corrected chi connectivity index (χ4v) is 1.77. The monoisotopic (exact) mass is 297 g/mol. The van der Waals surface area contributed by atoms with Gasteiger partial charge in [0.05, 0.1) is 0 Å². The van der Waals surface area contributed by atoms with Gasteiger partial charge in [0.1, 0.15) is 0 Å². The summed E-state index contributed by atoms with van der Waals surface area (Å²) in [6.45, 7) is 0. The van der Waals surface area contributed by atoms with Gasteiger partial charge in [-0.1, -0.05) is 6.07 Å². The molecule has 0 nitrogen and oxygen atoms in total. The van der Waals surface area contributed by atoms with E-state index in [2.05, 4.69) is 0 Å². The molecule has 0 spiro atoms. The summed E-state index contributed by atoms with van der Waals surface area (Å²) < 4.78 is 101. The molecule has 1 aromatic rings. The fourth-order valence-electron chi connectivity index (χ4n) is 1.02. The number of hydrogen-bond acceptors (Lipinski definition) is 0. The quantitative estimate of drug-likeness (QED) is 0.560. The highest BCUT2D eigenvalue weighted by atomic mass is 32.1. The van der Waals surface area contributed by atoms with Crippen LogP contribution >= 0.6 is 11.3 Å². The summed E-state index contributed by atoms with van der Waals surface area (Å²) in [7, 11) is 0. The van der Waals surface area contributed by atoms with Crippen LogP contribution in [0, 0.1) is 0 Å². The van der Waals surface area contributed by atoms with Crippen LogP contribution in [0.4, 0.5) is 35.1 Å². The normalized spacial score (nSPS) is 14.1. The predicted octanol–water partition coefficient (Wildman–Crippen LogP) is 4.66.